The monoisotopic (exact) mass is 345 g/mol. The van der Waals surface area contributed by atoms with Crippen LogP contribution in [0.4, 0.5) is 5.82 Å². The van der Waals surface area contributed by atoms with Crippen LogP contribution in [-0.2, 0) is 4.79 Å². The van der Waals surface area contributed by atoms with Gasteiger partial charge in [-0.2, -0.15) is 0 Å². The Morgan fingerprint density at radius 2 is 1.80 bits per heavy atom. The topological polar surface area (TPSA) is 82.5 Å². The van der Waals surface area contributed by atoms with Crippen LogP contribution in [0.2, 0.25) is 0 Å². The number of piperidine rings is 1. The van der Waals surface area contributed by atoms with Gasteiger partial charge in [-0.1, -0.05) is 6.92 Å². The van der Waals surface area contributed by atoms with Gasteiger partial charge >= 0.3 is 5.97 Å². The van der Waals surface area contributed by atoms with Crippen molar-refractivity contribution in [2.45, 2.75) is 51.5 Å². The summed E-state index contributed by atoms with van der Waals surface area (Å²) in [5, 5.41) is 12.0. The SMILES string of the molecule is CC1CCN(c2ccc(C(=O)NC3CCC(C(=O)O)CC3)cn2)CC1. The van der Waals surface area contributed by atoms with Crippen molar-refractivity contribution in [3.05, 3.63) is 23.9 Å². The molecule has 2 N–H and O–H groups in total. The first kappa shape index (κ1) is 17.7. The van der Waals surface area contributed by atoms with Gasteiger partial charge in [-0.3, -0.25) is 9.59 Å². The van der Waals surface area contributed by atoms with E-state index in [1.54, 1.807) is 6.20 Å². The molecule has 25 heavy (non-hydrogen) atoms. The summed E-state index contributed by atoms with van der Waals surface area (Å²) in [7, 11) is 0. The number of nitrogens with one attached hydrogen (secondary N) is 1. The fourth-order valence-electron chi connectivity index (χ4n) is 3.70. The third-order valence-corrected chi connectivity index (χ3v) is 5.53. The van der Waals surface area contributed by atoms with E-state index in [1.807, 2.05) is 12.1 Å². The Bertz CT molecular complexity index is 601. The predicted molar refractivity (Wildman–Crippen MR) is 95.7 cm³/mol. The van der Waals surface area contributed by atoms with Gasteiger partial charge in [0.25, 0.3) is 5.91 Å². The van der Waals surface area contributed by atoms with Crippen LogP contribution in [0.3, 0.4) is 0 Å². The van der Waals surface area contributed by atoms with Gasteiger partial charge in [-0.25, -0.2) is 4.98 Å². The zero-order valence-corrected chi connectivity index (χ0v) is 14.8. The molecule has 136 valence electrons. The number of nitrogens with zero attached hydrogens (tertiary/aromatic N) is 2. The molecule has 2 fully saturated rings. The maximum atomic E-state index is 12.4. The van der Waals surface area contributed by atoms with Gasteiger partial charge in [0.05, 0.1) is 11.5 Å². The van der Waals surface area contributed by atoms with Crippen molar-refractivity contribution in [1.82, 2.24) is 10.3 Å². The molecule has 0 bridgehead atoms. The van der Waals surface area contributed by atoms with E-state index in [1.165, 1.54) is 12.8 Å². The summed E-state index contributed by atoms with van der Waals surface area (Å²) in [6.07, 6.45) is 6.72. The van der Waals surface area contributed by atoms with Crippen molar-refractivity contribution >= 4 is 17.7 Å². The summed E-state index contributed by atoms with van der Waals surface area (Å²) in [5.74, 6) is 0.603. The average Bonchev–Trinajstić information content (AvgIpc) is 2.63. The van der Waals surface area contributed by atoms with E-state index in [4.69, 9.17) is 5.11 Å². The Hall–Kier alpha value is -2.11. The second-order valence-electron chi connectivity index (χ2n) is 7.43. The number of carbonyl (C=O) groups is 2. The lowest BCUT2D eigenvalue weighted by Gasteiger charge is -2.31. The molecular formula is C19H27N3O3. The largest absolute Gasteiger partial charge is 0.481 e. The van der Waals surface area contributed by atoms with Crippen molar-refractivity contribution in [3.8, 4) is 0 Å². The van der Waals surface area contributed by atoms with Crippen molar-refractivity contribution in [1.29, 1.82) is 0 Å². The molecule has 0 atom stereocenters. The molecule has 6 nitrogen and oxygen atoms in total. The normalized spacial score (nSPS) is 24.8. The molecule has 0 spiro atoms. The first-order valence-corrected chi connectivity index (χ1v) is 9.27. The smallest absolute Gasteiger partial charge is 0.306 e. The fourth-order valence-corrected chi connectivity index (χ4v) is 3.70. The highest BCUT2D eigenvalue weighted by molar-refractivity contribution is 5.94. The van der Waals surface area contributed by atoms with E-state index >= 15 is 0 Å². The maximum absolute atomic E-state index is 12.4. The number of aliphatic carboxylic acids is 1. The van der Waals surface area contributed by atoms with Gasteiger partial charge in [0, 0.05) is 25.3 Å². The number of amides is 1. The highest BCUT2D eigenvalue weighted by Crippen LogP contribution is 2.25. The number of aromatic nitrogens is 1. The lowest BCUT2D eigenvalue weighted by atomic mass is 9.86. The number of carboxylic acids is 1. The molecule has 1 aromatic heterocycles. The van der Waals surface area contributed by atoms with Gasteiger partial charge < -0.3 is 15.3 Å². The summed E-state index contributed by atoms with van der Waals surface area (Å²) in [4.78, 5) is 30.1. The summed E-state index contributed by atoms with van der Waals surface area (Å²) in [6.45, 7) is 4.32. The molecule has 0 unspecified atom stereocenters. The van der Waals surface area contributed by atoms with Crippen LogP contribution in [-0.4, -0.2) is 41.1 Å². The van der Waals surface area contributed by atoms with Crippen molar-refractivity contribution in [3.63, 3.8) is 0 Å². The molecule has 2 aliphatic rings. The number of pyridine rings is 1. The van der Waals surface area contributed by atoms with Crippen molar-refractivity contribution in [2.75, 3.05) is 18.0 Å². The minimum absolute atomic E-state index is 0.0614. The van der Waals surface area contributed by atoms with Crippen molar-refractivity contribution in [2.24, 2.45) is 11.8 Å². The third kappa shape index (κ3) is 4.50. The van der Waals surface area contributed by atoms with Crippen LogP contribution in [0.15, 0.2) is 18.3 Å². The minimum atomic E-state index is -0.725. The van der Waals surface area contributed by atoms with Crippen LogP contribution in [0.25, 0.3) is 0 Å². The summed E-state index contributed by atoms with van der Waals surface area (Å²) in [5.41, 5.74) is 0.564. The molecule has 1 aliphatic carbocycles. The molecule has 6 heteroatoms. The third-order valence-electron chi connectivity index (χ3n) is 5.53. The number of anilines is 1. The quantitative estimate of drug-likeness (QED) is 0.877. The molecule has 3 rings (SSSR count). The van der Waals surface area contributed by atoms with Gasteiger partial charge in [-0.05, 0) is 56.6 Å². The Labute approximate surface area is 148 Å². The zero-order chi connectivity index (χ0) is 17.8. The van der Waals surface area contributed by atoms with Gasteiger partial charge in [-0.15, -0.1) is 0 Å². The van der Waals surface area contributed by atoms with E-state index in [0.29, 0.717) is 18.4 Å². The first-order chi connectivity index (χ1) is 12.0. The van der Waals surface area contributed by atoms with Gasteiger partial charge in [0.2, 0.25) is 0 Å². The highest BCUT2D eigenvalue weighted by Gasteiger charge is 2.27. The highest BCUT2D eigenvalue weighted by atomic mass is 16.4. The molecule has 1 amide bonds. The maximum Gasteiger partial charge on any atom is 0.306 e. The van der Waals surface area contributed by atoms with Crippen LogP contribution in [0.1, 0.15) is 55.8 Å². The molecule has 1 saturated heterocycles. The number of hydrogen-bond acceptors (Lipinski definition) is 4. The second-order valence-corrected chi connectivity index (χ2v) is 7.43. The predicted octanol–water partition coefficient (Wildman–Crippen LogP) is 2.69. The first-order valence-electron chi connectivity index (χ1n) is 9.27. The van der Waals surface area contributed by atoms with Crippen LogP contribution in [0, 0.1) is 11.8 Å². The summed E-state index contributed by atoms with van der Waals surface area (Å²) >= 11 is 0. The molecule has 0 aromatic carbocycles. The zero-order valence-electron chi connectivity index (χ0n) is 14.8. The summed E-state index contributed by atoms with van der Waals surface area (Å²) < 4.78 is 0. The van der Waals surface area contributed by atoms with E-state index in [-0.39, 0.29) is 17.9 Å². The van der Waals surface area contributed by atoms with Crippen LogP contribution in [0.5, 0.6) is 0 Å². The van der Waals surface area contributed by atoms with Crippen molar-refractivity contribution < 1.29 is 14.7 Å². The van der Waals surface area contributed by atoms with Gasteiger partial charge in [0.1, 0.15) is 5.82 Å². The lowest BCUT2D eigenvalue weighted by Crippen LogP contribution is -2.38. The number of carboxylic acid groups (broad SMARTS) is 1. The van der Waals surface area contributed by atoms with E-state index in [0.717, 1.165) is 37.7 Å². The molecule has 0 radical (unpaired) electrons. The Morgan fingerprint density at radius 3 is 2.36 bits per heavy atom. The minimum Gasteiger partial charge on any atom is -0.481 e. The molecule has 1 aliphatic heterocycles. The average molecular weight is 345 g/mol. The van der Waals surface area contributed by atoms with E-state index in [2.05, 4.69) is 22.1 Å². The Kier molecular flexibility index (Phi) is 5.56. The molecular weight excluding hydrogens is 318 g/mol. The molecule has 1 saturated carbocycles. The Balaban J connectivity index is 1.52. The molecule has 1 aromatic rings. The molecule has 2 heterocycles. The second kappa shape index (κ2) is 7.85. The number of carbonyl (C=O) groups excluding carboxylic acids is 1. The standard InChI is InChI=1S/C19H27N3O3/c1-13-8-10-22(11-9-13)17-7-4-15(12-20-17)18(23)21-16-5-2-14(3-6-16)19(24)25/h4,7,12-14,16H,2-3,5-6,8-11H2,1H3,(H,21,23)(H,24,25). The lowest BCUT2D eigenvalue weighted by molar-refractivity contribution is -0.142. The van der Waals surface area contributed by atoms with Crippen LogP contribution < -0.4 is 10.2 Å². The fraction of sp³-hybridized carbons (Fsp3) is 0.632. The number of hydrogen-bond donors (Lipinski definition) is 2. The van der Waals surface area contributed by atoms with Gasteiger partial charge in [0.15, 0.2) is 0 Å². The van der Waals surface area contributed by atoms with Crippen LogP contribution >= 0.6 is 0 Å². The summed E-state index contributed by atoms with van der Waals surface area (Å²) in [6, 6.07) is 3.82. The van der Waals surface area contributed by atoms with E-state index < -0.39 is 5.97 Å². The number of rotatable bonds is 4. The van der Waals surface area contributed by atoms with E-state index in [9.17, 15) is 9.59 Å². The Morgan fingerprint density at radius 1 is 1.12 bits per heavy atom.